The van der Waals surface area contributed by atoms with Gasteiger partial charge in [0.2, 0.25) is 0 Å². The highest BCUT2D eigenvalue weighted by atomic mass is 16.5. The molecule has 1 aromatic heterocycles. The number of hydrogen-bond acceptors (Lipinski definition) is 4. The Morgan fingerprint density at radius 1 is 1.36 bits per heavy atom. The first-order valence-electron chi connectivity index (χ1n) is 8.83. The third-order valence-corrected chi connectivity index (χ3v) is 4.91. The molecule has 1 fully saturated rings. The third-order valence-electron chi connectivity index (χ3n) is 4.91. The molecule has 0 saturated carbocycles. The summed E-state index contributed by atoms with van der Waals surface area (Å²) in [5, 5.41) is 10.2. The highest BCUT2D eigenvalue weighted by Gasteiger charge is 2.26. The molecule has 7 nitrogen and oxygen atoms in total. The molecule has 0 radical (unpaired) electrons. The minimum absolute atomic E-state index is 0.0449. The van der Waals surface area contributed by atoms with Crippen molar-refractivity contribution >= 4 is 11.7 Å². The molecule has 0 unspecified atom stereocenters. The summed E-state index contributed by atoms with van der Waals surface area (Å²) in [4.78, 5) is 18.8. The first-order valence-corrected chi connectivity index (χ1v) is 8.83. The van der Waals surface area contributed by atoms with Crippen molar-refractivity contribution in [3.63, 3.8) is 0 Å². The number of carbonyl (C=O) groups excluding carboxylic acids is 1. The average molecular weight is 341 g/mol. The van der Waals surface area contributed by atoms with Gasteiger partial charge in [0.15, 0.2) is 5.82 Å². The number of benzene rings is 1. The molecule has 1 saturated heterocycles. The minimum Gasteiger partial charge on any atom is -0.490 e. The van der Waals surface area contributed by atoms with E-state index in [-0.39, 0.29) is 12.1 Å². The molecule has 4 rings (SSSR count). The lowest BCUT2D eigenvalue weighted by atomic mass is 9.96. The quantitative estimate of drug-likeness (QED) is 0.880. The molecule has 132 valence electrons. The summed E-state index contributed by atoms with van der Waals surface area (Å²) < 4.78 is 5.70. The number of carbonyl (C=O) groups is 1. The van der Waals surface area contributed by atoms with E-state index in [0.29, 0.717) is 5.92 Å². The number of aryl methyl sites for hydroxylation is 1. The number of nitrogens with one attached hydrogen (secondary N) is 2. The zero-order chi connectivity index (χ0) is 17.4. The van der Waals surface area contributed by atoms with Crippen molar-refractivity contribution in [3.05, 3.63) is 35.4 Å². The van der Waals surface area contributed by atoms with E-state index >= 15 is 0 Å². The monoisotopic (exact) mass is 341 g/mol. The van der Waals surface area contributed by atoms with Gasteiger partial charge in [0.25, 0.3) is 0 Å². The molecule has 25 heavy (non-hydrogen) atoms. The van der Waals surface area contributed by atoms with Crippen LogP contribution in [-0.2, 0) is 6.42 Å². The standard InChI is InChI=1S/C18H23N5O2/c1-11-9-14-10-15(3-4-16(14)25-11)20-18(24)23-7-5-13(6-8-23)17-19-12(2)21-22-17/h3-4,10-11,13H,5-9H2,1-2H3,(H,20,24)(H,19,21,22)/t11-/m0/s1. The smallest absolute Gasteiger partial charge is 0.321 e. The van der Waals surface area contributed by atoms with Gasteiger partial charge in [0.1, 0.15) is 17.7 Å². The molecule has 2 aliphatic rings. The van der Waals surface area contributed by atoms with Crippen LogP contribution in [0.3, 0.4) is 0 Å². The number of amides is 2. The van der Waals surface area contributed by atoms with E-state index < -0.39 is 0 Å². The minimum atomic E-state index is -0.0449. The predicted molar refractivity (Wildman–Crippen MR) is 93.9 cm³/mol. The van der Waals surface area contributed by atoms with Crippen molar-refractivity contribution in [2.45, 2.75) is 45.1 Å². The fourth-order valence-corrected chi connectivity index (χ4v) is 3.59. The maximum atomic E-state index is 12.5. The molecule has 1 aromatic carbocycles. The van der Waals surface area contributed by atoms with Crippen LogP contribution in [0.4, 0.5) is 10.5 Å². The van der Waals surface area contributed by atoms with E-state index in [1.54, 1.807) is 0 Å². The van der Waals surface area contributed by atoms with Crippen LogP contribution in [0.15, 0.2) is 18.2 Å². The summed E-state index contributed by atoms with van der Waals surface area (Å²) in [6.45, 7) is 5.39. The molecular formula is C18H23N5O2. The summed E-state index contributed by atoms with van der Waals surface area (Å²) in [7, 11) is 0. The Kier molecular flexibility index (Phi) is 4.07. The lowest BCUT2D eigenvalue weighted by Gasteiger charge is -2.30. The molecule has 2 amide bonds. The Morgan fingerprint density at radius 2 is 2.16 bits per heavy atom. The number of hydrogen-bond donors (Lipinski definition) is 2. The van der Waals surface area contributed by atoms with Crippen molar-refractivity contribution in [3.8, 4) is 5.75 Å². The zero-order valence-corrected chi connectivity index (χ0v) is 14.6. The Hall–Kier alpha value is -2.57. The maximum absolute atomic E-state index is 12.5. The van der Waals surface area contributed by atoms with E-state index in [9.17, 15) is 4.79 Å². The number of aromatic nitrogens is 3. The Bertz CT molecular complexity index is 780. The molecule has 2 aromatic rings. The predicted octanol–water partition coefficient (Wildman–Crippen LogP) is 2.85. The Labute approximate surface area is 146 Å². The first-order chi connectivity index (χ1) is 12.1. The zero-order valence-electron chi connectivity index (χ0n) is 14.6. The molecule has 7 heteroatoms. The van der Waals surface area contributed by atoms with E-state index in [2.05, 4.69) is 27.4 Å². The van der Waals surface area contributed by atoms with Gasteiger partial charge in [-0.15, -0.1) is 0 Å². The molecule has 2 N–H and O–H groups in total. The fourth-order valence-electron chi connectivity index (χ4n) is 3.59. The number of fused-ring (bicyclic) bond motifs is 1. The first kappa shape index (κ1) is 15.9. The van der Waals surface area contributed by atoms with Gasteiger partial charge in [-0.25, -0.2) is 9.78 Å². The van der Waals surface area contributed by atoms with Crippen molar-refractivity contribution in [2.24, 2.45) is 0 Å². The number of rotatable bonds is 2. The van der Waals surface area contributed by atoms with Crippen LogP contribution in [-0.4, -0.2) is 45.3 Å². The number of nitrogens with zero attached hydrogens (tertiary/aromatic N) is 3. The number of urea groups is 1. The third kappa shape index (κ3) is 3.31. The van der Waals surface area contributed by atoms with Gasteiger partial charge in [0.05, 0.1) is 0 Å². The SMILES string of the molecule is Cc1nc(C2CCN(C(=O)Nc3ccc4c(c3)C[C@H](C)O4)CC2)n[nH]1. The fraction of sp³-hybridized carbons (Fsp3) is 0.500. The van der Waals surface area contributed by atoms with Crippen LogP contribution in [0.2, 0.25) is 0 Å². The van der Waals surface area contributed by atoms with Crippen molar-refractivity contribution in [2.75, 3.05) is 18.4 Å². The van der Waals surface area contributed by atoms with Crippen molar-refractivity contribution in [1.29, 1.82) is 0 Å². The molecule has 1 atom stereocenters. The Morgan fingerprint density at radius 3 is 2.88 bits per heavy atom. The van der Waals surface area contributed by atoms with Gasteiger partial charge in [-0.2, -0.15) is 5.10 Å². The van der Waals surface area contributed by atoms with Gasteiger partial charge >= 0.3 is 6.03 Å². The van der Waals surface area contributed by atoms with Gasteiger partial charge in [0, 0.05) is 31.1 Å². The van der Waals surface area contributed by atoms with Crippen molar-refractivity contribution < 1.29 is 9.53 Å². The van der Waals surface area contributed by atoms with Gasteiger partial charge < -0.3 is 15.0 Å². The number of piperidine rings is 1. The van der Waals surface area contributed by atoms with Crippen LogP contribution in [0, 0.1) is 6.92 Å². The highest BCUT2D eigenvalue weighted by molar-refractivity contribution is 5.89. The number of likely N-dealkylation sites (tertiary alicyclic amines) is 1. The van der Waals surface area contributed by atoms with E-state index in [1.807, 2.05) is 30.0 Å². The summed E-state index contributed by atoms with van der Waals surface area (Å²) >= 11 is 0. The molecular weight excluding hydrogens is 318 g/mol. The molecule has 0 bridgehead atoms. The van der Waals surface area contributed by atoms with Gasteiger partial charge in [-0.05, 0) is 50.5 Å². The van der Waals surface area contributed by atoms with Crippen LogP contribution in [0.1, 0.15) is 42.9 Å². The lowest BCUT2D eigenvalue weighted by molar-refractivity contribution is 0.193. The molecule has 0 spiro atoms. The number of anilines is 1. The van der Waals surface area contributed by atoms with E-state index in [0.717, 1.165) is 61.0 Å². The summed E-state index contributed by atoms with van der Waals surface area (Å²) in [5.41, 5.74) is 1.98. The molecule has 3 heterocycles. The number of aromatic amines is 1. The Balaban J connectivity index is 1.34. The van der Waals surface area contributed by atoms with Crippen molar-refractivity contribution in [1.82, 2.24) is 20.1 Å². The normalized spacial score (nSPS) is 20.2. The number of ether oxygens (including phenoxy) is 1. The largest absolute Gasteiger partial charge is 0.490 e. The second-order valence-corrected chi connectivity index (χ2v) is 6.93. The van der Waals surface area contributed by atoms with Crippen LogP contribution in [0.5, 0.6) is 5.75 Å². The highest BCUT2D eigenvalue weighted by Crippen LogP contribution is 2.31. The second kappa shape index (κ2) is 6.38. The summed E-state index contributed by atoms with van der Waals surface area (Å²) in [6.07, 6.45) is 2.88. The van der Waals surface area contributed by atoms with E-state index in [1.165, 1.54) is 0 Å². The van der Waals surface area contributed by atoms with Crippen LogP contribution < -0.4 is 10.1 Å². The van der Waals surface area contributed by atoms with Gasteiger partial charge in [-0.3, -0.25) is 5.10 Å². The second-order valence-electron chi connectivity index (χ2n) is 6.93. The van der Waals surface area contributed by atoms with Crippen LogP contribution in [0.25, 0.3) is 0 Å². The van der Waals surface area contributed by atoms with E-state index in [4.69, 9.17) is 4.74 Å². The summed E-state index contributed by atoms with van der Waals surface area (Å²) in [6, 6.07) is 5.81. The molecule has 0 aliphatic carbocycles. The lowest BCUT2D eigenvalue weighted by Crippen LogP contribution is -2.40. The molecule has 2 aliphatic heterocycles. The van der Waals surface area contributed by atoms with Gasteiger partial charge in [-0.1, -0.05) is 0 Å². The topological polar surface area (TPSA) is 83.1 Å². The maximum Gasteiger partial charge on any atom is 0.321 e. The average Bonchev–Trinajstić information content (AvgIpc) is 3.19. The number of H-pyrrole nitrogens is 1. The summed E-state index contributed by atoms with van der Waals surface area (Å²) in [5.74, 6) is 2.95. The van der Waals surface area contributed by atoms with Crippen LogP contribution >= 0.6 is 0 Å².